The summed E-state index contributed by atoms with van der Waals surface area (Å²) in [6.07, 6.45) is 5.99. The van der Waals surface area contributed by atoms with Gasteiger partial charge in [0.2, 0.25) is 0 Å². The van der Waals surface area contributed by atoms with Crippen molar-refractivity contribution in [2.45, 2.75) is 45.6 Å². The van der Waals surface area contributed by atoms with E-state index in [9.17, 15) is 4.79 Å². The van der Waals surface area contributed by atoms with Gasteiger partial charge >= 0.3 is 0 Å². The van der Waals surface area contributed by atoms with Crippen LogP contribution in [0.1, 0.15) is 60.7 Å². The van der Waals surface area contributed by atoms with Crippen molar-refractivity contribution < 1.29 is 4.79 Å². The first-order valence-corrected chi connectivity index (χ1v) is 9.31. The smallest absolute Gasteiger partial charge is 0.253 e. The van der Waals surface area contributed by atoms with Crippen molar-refractivity contribution in [3.63, 3.8) is 0 Å². The number of carbonyl (C=O) groups is 1. The number of nitrogens with one attached hydrogen (secondary N) is 1. The van der Waals surface area contributed by atoms with Crippen molar-refractivity contribution in [2.75, 3.05) is 13.1 Å². The molecule has 1 aromatic carbocycles. The van der Waals surface area contributed by atoms with Crippen LogP contribution in [0.3, 0.4) is 0 Å². The van der Waals surface area contributed by atoms with Crippen molar-refractivity contribution in [3.05, 3.63) is 47.8 Å². The molecule has 1 N–H and O–H groups in total. The van der Waals surface area contributed by atoms with E-state index in [-0.39, 0.29) is 5.91 Å². The number of rotatable bonds is 3. The van der Waals surface area contributed by atoms with E-state index in [1.165, 1.54) is 0 Å². The third-order valence-electron chi connectivity index (χ3n) is 5.18. The first kappa shape index (κ1) is 16.8. The van der Waals surface area contributed by atoms with Gasteiger partial charge in [0.1, 0.15) is 11.6 Å². The lowest BCUT2D eigenvalue weighted by Crippen LogP contribution is -2.39. The van der Waals surface area contributed by atoms with Gasteiger partial charge in [-0.1, -0.05) is 0 Å². The van der Waals surface area contributed by atoms with Gasteiger partial charge in [0.25, 0.3) is 5.91 Å². The summed E-state index contributed by atoms with van der Waals surface area (Å²) in [5.41, 5.74) is 2.53. The molecule has 1 saturated heterocycles. The Hall–Kier alpha value is -2.63. The number of imidazole rings is 2. The number of nitrogens with zero attached hydrogens (tertiary/aromatic N) is 4. The van der Waals surface area contributed by atoms with E-state index in [0.29, 0.717) is 17.5 Å². The minimum Gasteiger partial charge on any atom is -0.342 e. The third-order valence-corrected chi connectivity index (χ3v) is 5.18. The van der Waals surface area contributed by atoms with Crippen molar-refractivity contribution in [1.29, 1.82) is 0 Å². The molecule has 2 aromatic heterocycles. The summed E-state index contributed by atoms with van der Waals surface area (Å²) in [5.74, 6) is 2.34. The van der Waals surface area contributed by atoms with E-state index in [0.717, 1.165) is 48.6 Å². The van der Waals surface area contributed by atoms with Crippen LogP contribution in [0.15, 0.2) is 30.6 Å². The Labute approximate surface area is 153 Å². The molecule has 1 atom stereocenters. The maximum Gasteiger partial charge on any atom is 0.253 e. The molecule has 0 aliphatic carbocycles. The van der Waals surface area contributed by atoms with Gasteiger partial charge in [0, 0.05) is 43.0 Å². The summed E-state index contributed by atoms with van der Waals surface area (Å²) < 4.78 is 2.22. The van der Waals surface area contributed by atoms with Crippen LogP contribution in [-0.2, 0) is 0 Å². The lowest BCUT2D eigenvalue weighted by molar-refractivity contribution is 0.0703. The summed E-state index contributed by atoms with van der Waals surface area (Å²) in [7, 11) is 0. The molecule has 0 unspecified atom stereocenters. The number of hydrogen-bond acceptors (Lipinski definition) is 3. The van der Waals surface area contributed by atoms with Gasteiger partial charge in [-0.2, -0.15) is 0 Å². The molecule has 3 aromatic rings. The van der Waals surface area contributed by atoms with E-state index in [4.69, 9.17) is 0 Å². The van der Waals surface area contributed by atoms with E-state index >= 15 is 0 Å². The number of likely N-dealkylation sites (tertiary alicyclic amines) is 1. The monoisotopic (exact) mass is 351 g/mol. The van der Waals surface area contributed by atoms with Crippen LogP contribution in [0, 0.1) is 6.92 Å². The van der Waals surface area contributed by atoms with Crippen molar-refractivity contribution >= 4 is 16.9 Å². The lowest BCUT2D eigenvalue weighted by atomic mass is 9.96. The average Bonchev–Trinajstić information content (AvgIpc) is 3.26. The Kier molecular flexibility index (Phi) is 4.26. The molecule has 0 radical (unpaired) electrons. The Morgan fingerprint density at radius 3 is 3.00 bits per heavy atom. The molecule has 26 heavy (non-hydrogen) atoms. The Balaban J connectivity index is 1.56. The van der Waals surface area contributed by atoms with E-state index < -0.39 is 0 Å². The third kappa shape index (κ3) is 3.00. The highest BCUT2D eigenvalue weighted by Gasteiger charge is 2.28. The van der Waals surface area contributed by atoms with Gasteiger partial charge in [0.15, 0.2) is 0 Å². The Morgan fingerprint density at radius 1 is 1.35 bits per heavy atom. The maximum absolute atomic E-state index is 13.0. The van der Waals surface area contributed by atoms with Gasteiger partial charge in [-0.25, -0.2) is 9.97 Å². The second kappa shape index (κ2) is 6.59. The van der Waals surface area contributed by atoms with Crippen LogP contribution in [0.2, 0.25) is 0 Å². The molecular formula is C20H25N5O. The minimum absolute atomic E-state index is 0.0894. The van der Waals surface area contributed by atoms with Crippen molar-refractivity contribution in [1.82, 2.24) is 24.4 Å². The summed E-state index contributed by atoms with van der Waals surface area (Å²) >= 11 is 0. The molecule has 3 heterocycles. The quantitative estimate of drug-likeness (QED) is 0.783. The van der Waals surface area contributed by atoms with Crippen molar-refractivity contribution in [2.24, 2.45) is 0 Å². The zero-order chi connectivity index (χ0) is 18.3. The second-order valence-corrected chi connectivity index (χ2v) is 7.43. The highest BCUT2D eigenvalue weighted by atomic mass is 16.2. The summed E-state index contributed by atoms with van der Waals surface area (Å²) in [4.78, 5) is 27.2. The lowest BCUT2D eigenvalue weighted by Gasteiger charge is -2.33. The normalized spacial score (nSPS) is 18.0. The Bertz CT molecular complexity index is 939. The molecule has 4 rings (SSSR count). The van der Waals surface area contributed by atoms with E-state index in [2.05, 4.69) is 33.4 Å². The van der Waals surface area contributed by atoms with Crippen molar-refractivity contribution in [3.8, 4) is 0 Å². The summed E-state index contributed by atoms with van der Waals surface area (Å²) in [6.45, 7) is 7.78. The van der Waals surface area contributed by atoms with Crippen LogP contribution in [0.4, 0.5) is 0 Å². The van der Waals surface area contributed by atoms with Crippen LogP contribution in [0.5, 0.6) is 0 Å². The molecule has 1 fully saturated rings. The molecular weight excluding hydrogens is 326 g/mol. The maximum atomic E-state index is 13.0. The molecule has 0 saturated carbocycles. The molecule has 0 bridgehead atoms. The first-order valence-electron chi connectivity index (χ1n) is 9.31. The number of H-pyrrole nitrogens is 1. The van der Waals surface area contributed by atoms with Gasteiger partial charge in [-0.15, -0.1) is 0 Å². The van der Waals surface area contributed by atoms with Gasteiger partial charge in [0.05, 0.1) is 11.0 Å². The molecule has 1 aliphatic rings. The molecule has 6 heteroatoms. The number of hydrogen-bond donors (Lipinski definition) is 1. The number of benzene rings is 1. The zero-order valence-corrected chi connectivity index (χ0v) is 15.6. The van der Waals surface area contributed by atoms with E-state index in [1.807, 2.05) is 42.4 Å². The highest BCUT2D eigenvalue weighted by Crippen LogP contribution is 2.28. The molecule has 0 spiro atoms. The standard InChI is InChI=1S/C20H25N5O/c1-13(2)25-10-8-21-19(25)16-5-4-9-24(12-16)20(26)15-6-7-17-18(11-15)23-14(3)22-17/h6-8,10-11,13,16H,4-5,9,12H2,1-3H3,(H,22,23)/t16-/m1/s1. The number of aromatic nitrogens is 4. The fourth-order valence-electron chi connectivity index (χ4n) is 3.90. The largest absolute Gasteiger partial charge is 0.342 e. The van der Waals surface area contributed by atoms with Gasteiger partial charge in [-0.3, -0.25) is 4.79 Å². The van der Waals surface area contributed by atoms with Crippen LogP contribution < -0.4 is 0 Å². The zero-order valence-electron chi connectivity index (χ0n) is 15.6. The number of amides is 1. The van der Waals surface area contributed by atoms with Gasteiger partial charge < -0.3 is 14.5 Å². The van der Waals surface area contributed by atoms with Crippen LogP contribution in [0.25, 0.3) is 11.0 Å². The molecule has 1 amide bonds. The number of piperidine rings is 1. The molecule has 6 nitrogen and oxygen atoms in total. The Morgan fingerprint density at radius 2 is 2.19 bits per heavy atom. The molecule has 136 valence electrons. The van der Waals surface area contributed by atoms with Crippen LogP contribution >= 0.6 is 0 Å². The first-order chi connectivity index (χ1) is 12.5. The van der Waals surface area contributed by atoms with Gasteiger partial charge in [-0.05, 0) is 51.8 Å². The number of carbonyl (C=O) groups excluding carboxylic acids is 1. The fourth-order valence-corrected chi connectivity index (χ4v) is 3.90. The predicted molar refractivity (Wildman–Crippen MR) is 101 cm³/mol. The molecule has 1 aliphatic heterocycles. The van der Waals surface area contributed by atoms with Crippen LogP contribution in [-0.4, -0.2) is 43.4 Å². The number of fused-ring (bicyclic) bond motifs is 1. The SMILES string of the molecule is Cc1nc2ccc(C(=O)N3CCC[C@@H](c4nccn4C(C)C)C3)cc2[nH]1. The summed E-state index contributed by atoms with van der Waals surface area (Å²) in [5, 5.41) is 0. The number of aromatic amines is 1. The topological polar surface area (TPSA) is 66.8 Å². The average molecular weight is 351 g/mol. The fraction of sp³-hybridized carbons (Fsp3) is 0.450. The highest BCUT2D eigenvalue weighted by molar-refractivity contribution is 5.97. The minimum atomic E-state index is 0.0894. The van der Waals surface area contributed by atoms with E-state index in [1.54, 1.807) is 0 Å². The second-order valence-electron chi connectivity index (χ2n) is 7.43. The predicted octanol–water partition coefficient (Wildman–Crippen LogP) is 3.67. The number of aryl methyl sites for hydroxylation is 1. The summed E-state index contributed by atoms with van der Waals surface area (Å²) in [6, 6.07) is 6.09.